The number of hydrogen-bond acceptors (Lipinski definition) is 4. The molecule has 0 aliphatic carbocycles. The number of benzene rings is 1. The predicted molar refractivity (Wildman–Crippen MR) is 79.1 cm³/mol. The summed E-state index contributed by atoms with van der Waals surface area (Å²) in [6.45, 7) is 2.45. The molecule has 1 rings (SSSR count). The Labute approximate surface area is 120 Å². The van der Waals surface area contributed by atoms with E-state index in [1.165, 1.54) is 0 Å². The number of nitrogens with one attached hydrogen (secondary N) is 1. The highest BCUT2D eigenvalue weighted by Crippen LogP contribution is 2.26. The number of carbonyl (C=O) groups is 1. The minimum absolute atomic E-state index is 0.0232. The van der Waals surface area contributed by atoms with Crippen LogP contribution in [0.2, 0.25) is 0 Å². The van der Waals surface area contributed by atoms with Crippen LogP contribution in [0.4, 0.5) is 0 Å². The van der Waals surface area contributed by atoms with Gasteiger partial charge in [-0.05, 0) is 31.4 Å². The van der Waals surface area contributed by atoms with Gasteiger partial charge in [-0.1, -0.05) is 6.07 Å². The first kappa shape index (κ1) is 16.3. The molecule has 1 atom stereocenters. The Morgan fingerprint density at radius 2 is 2.20 bits per heavy atom. The van der Waals surface area contributed by atoms with E-state index in [9.17, 15) is 4.79 Å². The van der Waals surface area contributed by atoms with E-state index in [-0.39, 0.29) is 11.9 Å². The van der Waals surface area contributed by atoms with Gasteiger partial charge >= 0.3 is 0 Å². The first-order chi connectivity index (χ1) is 9.56. The van der Waals surface area contributed by atoms with Crippen molar-refractivity contribution in [1.82, 2.24) is 5.32 Å². The average molecular weight is 280 g/mol. The third-order valence-electron chi connectivity index (χ3n) is 2.90. The molecule has 1 aromatic rings. The van der Waals surface area contributed by atoms with Gasteiger partial charge in [0.15, 0.2) is 0 Å². The zero-order chi connectivity index (χ0) is 15.0. The van der Waals surface area contributed by atoms with Crippen molar-refractivity contribution in [1.29, 1.82) is 0 Å². The van der Waals surface area contributed by atoms with Gasteiger partial charge in [0.1, 0.15) is 11.5 Å². The van der Waals surface area contributed by atoms with Crippen molar-refractivity contribution in [3.8, 4) is 11.5 Å². The number of methoxy groups -OCH3 is 1. The molecule has 0 spiro atoms. The van der Waals surface area contributed by atoms with Crippen LogP contribution in [-0.4, -0.2) is 32.7 Å². The van der Waals surface area contributed by atoms with E-state index in [1.807, 2.05) is 25.1 Å². The van der Waals surface area contributed by atoms with Gasteiger partial charge in [-0.3, -0.25) is 4.79 Å². The number of carbonyl (C=O) groups excluding carboxylic acids is 1. The molecule has 0 heterocycles. The first-order valence-electron chi connectivity index (χ1n) is 6.82. The molecule has 20 heavy (non-hydrogen) atoms. The second-order valence-electron chi connectivity index (χ2n) is 4.78. The monoisotopic (exact) mass is 280 g/mol. The highest BCUT2D eigenvalue weighted by Gasteiger charge is 2.08. The van der Waals surface area contributed by atoms with Gasteiger partial charge in [0, 0.05) is 25.6 Å². The zero-order valence-corrected chi connectivity index (χ0v) is 12.4. The molecule has 1 unspecified atom stereocenters. The Morgan fingerprint density at radius 1 is 1.45 bits per heavy atom. The van der Waals surface area contributed by atoms with Crippen molar-refractivity contribution in [2.45, 2.75) is 32.2 Å². The van der Waals surface area contributed by atoms with Crippen LogP contribution in [0.5, 0.6) is 11.5 Å². The largest absolute Gasteiger partial charge is 0.497 e. The van der Waals surface area contributed by atoms with Crippen LogP contribution in [-0.2, 0) is 11.2 Å². The van der Waals surface area contributed by atoms with E-state index in [1.54, 1.807) is 14.2 Å². The molecule has 0 bridgehead atoms. The lowest BCUT2D eigenvalue weighted by Gasteiger charge is -2.14. The topological polar surface area (TPSA) is 73.6 Å². The van der Waals surface area contributed by atoms with E-state index in [0.717, 1.165) is 23.5 Å². The SMILES string of the molecule is CNC(=O)CCCOc1cc(OC)ccc1CC(C)N. The fraction of sp³-hybridized carbons (Fsp3) is 0.533. The maximum atomic E-state index is 11.1. The summed E-state index contributed by atoms with van der Waals surface area (Å²) in [5.41, 5.74) is 6.89. The number of amides is 1. The highest BCUT2D eigenvalue weighted by molar-refractivity contribution is 5.75. The fourth-order valence-corrected chi connectivity index (χ4v) is 1.85. The Morgan fingerprint density at radius 3 is 2.80 bits per heavy atom. The highest BCUT2D eigenvalue weighted by atomic mass is 16.5. The second-order valence-corrected chi connectivity index (χ2v) is 4.78. The van der Waals surface area contributed by atoms with Crippen LogP contribution in [0.3, 0.4) is 0 Å². The molecule has 0 radical (unpaired) electrons. The summed E-state index contributed by atoms with van der Waals surface area (Å²) in [6.07, 6.45) is 1.88. The van der Waals surface area contributed by atoms with Crippen LogP contribution >= 0.6 is 0 Å². The quantitative estimate of drug-likeness (QED) is 0.708. The van der Waals surface area contributed by atoms with E-state index < -0.39 is 0 Å². The van der Waals surface area contributed by atoms with Crippen LogP contribution in [0.25, 0.3) is 0 Å². The van der Waals surface area contributed by atoms with E-state index in [0.29, 0.717) is 19.4 Å². The Bertz CT molecular complexity index is 433. The average Bonchev–Trinajstić information content (AvgIpc) is 2.44. The lowest BCUT2D eigenvalue weighted by Crippen LogP contribution is -2.19. The molecule has 112 valence electrons. The maximum absolute atomic E-state index is 11.1. The van der Waals surface area contributed by atoms with E-state index in [2.05, 4.69) is 5.32 Å². The van der Waals surface area contributed by atoms with Crippen LogP contribution in [0, 0.1) is 0 Å². The lowest BCUT2D eigenvalue weighted by molar-refractivity contribution is -0.120. The molecule has 5 heteroatoms. The molecule has 0 fully saturated rings. The van der Waals surface area contributed by atoms with Gasteiger partial charge in [0.25, 0.3) is 0 Å². The van der Waals surface area contributed by atoms with E-state index >= 15 is 0 Å². The van der Waals surface area contributed by atoms with E-state index in [4.69, 9.17) is 15.2 Å². The fourth-order valence-electron chi connectivity index (χ4n) is 1.85. The molecular weight excluding hydrogens is 256 g/mol. The second kappa shape index (κ2) is 8.43. The van der Waals surface area contributed by atoms with Crippen molar-refractivity contribution in [2.24, 2.45) is 5.73 Å². The summed E-state index contributed by atoms with van der Waals surface area (Å²) in [4.78, 5) is 11.1. The van der Waals surface area contributed by atoms with Gasteiger partial charge in [-0.2, -0.15) is 0 Å². The molecule has 0 aliphatic rings. The molecule has 1 aromatic carbocycles. The summed E-state index contributed by atoms with van der Waals surface area (Å²) >= 11 is 0. The Hall–Kier alpha value is -1.75. The number of hydrogen-bond donors (Lipinski definition) is 2. The third-order valence-corrected chi connectivity index (χ3v) is 2.90. The maximum Gasteiger partial charge on any atom is 0.219 e. The van der Waals surface area contributed by atoms with Crippen LogP contribution in [0.15, 0.2) is 18.2 Å². The molecular formula is C15H24N2O3. The normalized spacial score (nSPS) is 11.8. The molecule has 5 nitrogen and oxygen atoms in total. The third kappa shape index (κ3) is 5.48. The zero-order valence-electron chi connectivity index (χ0n) is 12.4. The van der Waals surface area contributed by atoms with Gasteiger partial charge in [-0.25, -0.2) is 0 Å². The number of nitrogens with two attached hydrogens (primary N) is 1. The van der Waals surface area contributed by atoms with Crippen molar-refractivity contribution >= 4 is 5.91 Å². The Balaban J connectivity index is 2.62. The summed E-state index contributed by atoms with van der Waals surface area (Å²) in [7, 11) is 3.25. The van der Waals surface area contributed by atoms with Gasteiger partial charge in [0.2, 0.25) is 5.91 Å². The summed E-state index contributed by atoms with van der Waals surface area (Å²) in [5, 5.41) is 2.59. The molecule has 0 saturated heterocycles. The van der Waals surface area contributed by atoms with Crippen molar-refractivity contribution in [3.63, 3.8) is 0 Å². The van der Waals surface area contributed by atoms with Crippen molar-refractivity contribution < 1.29 is 14.3 Å². The standard InChI is InChI=1S/C15H24N2O3/c1-11(16)9-12-6-7-13(19-3)10-14(12)20-8-4-5-15(18)17-2/h6-7,10-11H,4-5,8-9,16H2,1-3H3,(H,17,18). The van der Waals surface area contributed by atoms with Crippen molar-refractivity contribution in [3.05, 3.63) is 23.8 Å². The predicted octanol–water partition coefficient (Wildman–Crippen LogP) is 1.49. The molecule has 3 N–H and O–H groups in total. The minimum Gasteiger partial charge on any atom is -0.497 e. The van der Waals surface area contributed by atoms with Gasteiger partial charge in [-0.15, -0.1) is 0 Å². The summed E-state index contributed by atoms with van der Waals surface area (Å²) in [5.74, 6) is 1.55. The summed E-state index contributed by atoms with van der Waals surface area (Å²) < 4.78 is 11.0. The molecule has 0 aliphatic heterocycles. The summed E-state index contributed by atoms with van der Waals surface area (Å²) in [6, 6.07) is 5.79. The van der Waals surface area contributed by atoms with Gasteiger partial charge in [0.05, 0.1) is 13.7 Å². The molecule has 0 aromatic heterocycles. The first-order valence-corrected chi connectivity index (χ1v) is 6.82. The van der Waals surface area contributed by atoms with Crippen LogP contribution in [0.1, 0.15) is 25.3 Å². The van der Waals surface area contributed by atoms with Crippen LogP contribution < -0.4 is 20.5 Å². The lowest BCUT2D eigenvalue weighted by atomic mass is 10.1. The smallest absolute Gasteiger partial charge is 0.219 e. The molecule has 0 saturated carbocycles. The Kier molecular flexibility index (Phi) is 6.87. The number of ether oxygens (including phenoxy) is 2. The molecule has 1 amide bonds. The number of rotatable bonds is 8. The van der Waals surface area contributed by atoms with Crippen molar-refractivity contribution in [2.75, 3.05) is 20.8 Å². The van der Waals surface area contributed by atoms with Gasteiger partial charge < -0.3 is 20.5 Å². The minimum atomic E-state index is 0.0232.